The average Bonchev–Trinajstić information content (AvgIpc) is 2.52. The predicted molar refractivity (Wildman–Crippen MR) is 43.6 cm³/mol. The first-order chi connectivity index (χ1) is 6.22. The summed E-state index contributed by atoms with van der Waals surface area (Å²) in [6.45, 7) is 1.87. The molecule has 1 rings (SSSR count). The molecule has 0 spiro atoms. The summed E-state index contributed by atoms with van der Waals surface area (Å²) in [5.41, 5.74) is 0. The van der Waals surface area contributed by atoms with Gasteiger partial charge in [-0.2, -0.15) is 0 Å². The second-order valence-corrected chi connectivity index (χ2v) is 2.60. The van der Waals surface area contributed by atoms with E-state index in [1.54, 1.807) is 6.20 Å². The van der Waals surface area contributed by atoms with Crippen molar-refractivity contribution in [3.8, 4) is 0 Å². The Morgan fingerprint density at radius 3 is 2.92 bits per heavy atom. The summed E-state index contributed by atoms with van der Waals surface area (Å²) in [5, 5.41) is 2.53. The maximum atomic E-state index is 11.7. The third-order valence-electron chi connectivity index (χ3n) is 1.52. The lowest BCUT2D eigenvalue weighted by Gasteiger charge is -1.99. The highest BCUT2D eigenvalue weighted by molar-refractivity contribution is 4.93. The Bertz CT molecular complexity index is 250. The van der Waals surface area contributed by atoms with E-state index in [1.165, 1.54) is 0 Å². The summed E-state index contributed by atoms with van der Waals surface area (Å²) in [6.07, 6.45) is 0.0435. The summed E-state index contributed by atoms with van der Waals surface area (Å²) < 4.78 is 28.6. The highest BCUT2D eigenvalue weighted by atomic mass is 19.3. The standard InChI is InChI=1S/C8H12F2N2O/c1-2-6-3-12-8(13-6)5-11-4-7(9)10/h3,7,11H,2,4-5H2,1H3. The Hall–Kier alpha value is -0.970. The second kappa shape index (κ2) is 4.91. The fraction of sp³-hybridized carbons (Fsp3) is 0.625. The molecule has 0 amide bonds. The lowest BCUT2D eigenvalue weighted by atomic mass is 10.4. The molecule has 5 heteroatoms. The molecule has 0 aliphatic heterocycles. The van der Waals surface area contributed by atoms with Crippen LogP contribution in [0.3, 0.4) is 0 Å². The van der Waals surface area contributed by atoms with Crippen LogP contribution >= 0.6 is 0 Å². The number of aryl methyl sites for hydroxylation is 1. The topological polar surface area (TPSA) is 38.1 Å². The first kappa shape index (κ1) is 10.1. The van der Waals surface area contributed by atoms with Gasteiger partial charge in [-0.15, -0.1) is 0 Å². The van der Waals surface area contributed by atoms with Crippen molar-refractivity contribution in [2.45, 2.75) is 26.3 Å². The molecule has 0 aliphatic carbocycles. The van der Waals surface area contributed by atoms with Crippen LogP contribution in [0.5, 0.6) is 0 Å². The van der Waals surface area contributed by atoms with E-state index in [0.717, 1.165) is 12.2 Å². The molecule has 0 unspecified atom stereocenters. The average molecular weight is 190 g/mol. The predicted octanol–water partition coefficient (Wildman–Crippen LogP) is 1.59. The largest absolute Gasteiger partial charge is 0.444 e. The Morgan fingerprint density at radius 2 is 2.38 bits per heavy atom. The zero-order valence-corrected chi connectivity index (χ0v) is 7.39. The summed E-state index contributed by atoms with van der Waals surface area (Å²) in [5.74, 6) is 1.23. The molecule has 0 bridgehead atoms. The number of hydrogen-bond acceptors (Lipinski definition) is 3. The van der Waals surface area contributed by atoms with Crippen molar-refractivity contribution in [3.05, 3.63) is 17.8 Å². The van der Waals surface area contributed by atoms with Crippen molar-refractivity contribution >= 4 is 0 Å². The van der Waals surface area contributed by atoms with E-state index >= 15 is 0 Å². The van der Waals surface area contributed by atoms with Crippen LogP contribution in [0.15, 0.2) is 10.6 Å². The maximum absolute atomic E-state index is 11.7. The van der Waals surface area contributed by atoms with E-state index in [4.69, 9.17) is 4.42 Å². The van der Waals surface area contributed by atoms with Gasteiger partial charge in [-0.3, -0.25) is 0 Å². The normalized spacial score (nSPS) is 11.1. The third-order valence-corrected chi connectivity index (χ3v) is 1.52. The van der Waals surface area contributed by atoms with Gasteiger partial charge in [0.2, 0.25) is 5.89 Å². The van der Waals surface area contributed by atoms with Crippen LogP contribution < -0.4 is 5.32 Å². The fourth-order valence-electron chi connectivity index (χ4n) is 0.881. The van der Waals surface area contributed by atoms with Gasteiger partial charge in [-0.1, -0.05) is 6.92 Å². The minimum absolute atomic E-state index is 0.254. The van der Waals surface area contributed by atoms with Crippen molar-refractivity contribution in [3.63, 3.8) is 0 Å². The Balaban J connectivity index is 2.28. The van der Waals surface area contributed by atoms with Crippen molar-refractivity contribution in [2.24, 2.45) is 0 Å². The van der Waals surface area contributed by atoms with Crippen LogP contribution in [0.2, 0.25) is 0 Å². The van der Waals surface area contributed by atoms with Crippen molar-refractivity contribution < 1.29 is 13.2 Å². The second-order valence-electron chi connectivity index (χ2n) is 2.60. The summed E-state index contributed by atoms with van der Waals surface area (Å²) in [6, 6.07) is 0. The number of nitrogens with one attached hydrogen (secondary N) is 1. The van der Waals surface area contributed by atoms with Crippen LogP contribution in [0.4, 0.5) is 8.78 Å². The van der Waals surface area contributed by atoms with Crippen LogP contribution in [-0.4, -0.2) is 18.0 Å². The number of halogens is 2. The molecule has 1 N–H and O–H groups in total. The number of rotatable bonds is 5. The summed E-state index contributed by atoms with van der Waals surface area (Å²) >= 11 is 0. The zero-order chi connectivity index (χ0) is 9.68. The molecule has 0 aromatic carbocycles. The van der Waals surface area contributed by atoms with Gasteiger partial charge in [0, 0.05) is 6.42 Å². The van der Waals surface area contributed by atoms with Crippen LogP contribution in [0.1, 0.15) is 18.6 Å². The third kappa shape index (κ3) is 3.50. The van der Waals surface area contributed by atoms with Gasteiger partial charge in [-0.25, -0.2) is 13.8 Å². The highest BCUT2D eigenvalue weighted by Gasteiger charge is 2.04. The molecule has 0 radical (unpaired) electrons. The zero-order valence-electron chi connectivity index (χ0n) is 7.39. The number of nitrogens with zero attached hydrogens (tertiary/aromatic N) is 1. The van der Waals surface area contributed by atoms with E-state index in [0.29, 0.717) is 5.89 Å². The maximum Gasteiger partial charge on any atom is 0.250 e. The van der Waals surface area contributed by atoms with Gasteiger partial charge in [-0.05, 0) is 0 Å². The van der Waals surface area contributed by atoms with Gasteiger partial charge in [0.1, 0.15) is 5.76 Å². The molecule has 0 atom stereocenters. The number of aromatic nitrogens is 1. The van der Waals surface area contributed by atoms with Crippen molar-refractivity contribution in [1.82, 2.24) is 10.3 Å². The highest BCUT2D eigenvalue weighted by Crippen LogP contribution is 2.03. The SMILES string of the molecule is CCc1cnc(CNCC(F)F)o1. The molecule has 1 heterocycles. The molecular weight excluding hydrogens is 178 g/mol. The van der Waals surface area contributed by atoms with Crippen molar-refractivity contribution in [1.29, 1.82) is 0 Å². The van der Waals surface area contributed by atoms with Crippen LogP contribution in [0, 0.1) is 0 Å². The van der Waals surface area contributed by atoms with E-state index in [-0.39, 0.29) is 13.1 Å². The molecular formula is C8H12F2N2O. The molecule has 13 heavy (non-hydrogen) atoms. The smallest absolute Gasteiger partial charge is 0.250 e. The van der Waals surface area contributed by atoms with Crippen LogP contribution in [0.25, 0.3) is 0 Å². The number of oxazole rings is 1. The van der Waals surface area contributed by atoms with E-state index in [9.17, 15) is 8.78 Å². The van der Waals surface area contributed by atoms with Gasteiger partial charge in [0.05, 0.1) is 19.3 Å². The van der Waals surface area contributed by atoms with Crippen LogP contribution in [-0.2, 0) is 13.0 Å². The first-order valence-electron chi connectivity index (χ1n) is 4.14. The minimum atomic E-state index is -2.33. The van der Waals surface area contributed by atoms with Crippen molar-refractivity contribution in [2.75, 3.05) is 6.54 Å². The number of alkyl halides is 2. The molecule has 74 valence electrons. The molecule has 0 aliphatic rings. The van der Waals surface area contributed by atoms with Gasteiger partial charge in [0.15, 0.2) is 0 Å². The molecule has 0 saturated carbocycles. The first-order valence-corrected chi connectivity index (χ1v) is 4.14. The van der Waals surface area contributed by atoms with Gasteiger partial charge in [0.25, 0.3) is 6.43 Å². The van der Waals surface area contributed by atoms with Gasteiger partial charge < -0.3 is 9.73 Å². The Labute approximate surface area is 75.2 Å². The number of hydrogen-bond donors (Lipinski definition) is 1. The Kier molecular flexibility index (Phi) is 3.82. The lowest BCUT2D eigenvalue weighted by Crippen LogP contribution is -2.20. The van der Waals surface area contributed by atoms with E-state index in [2.05, 4.69) is 10.3 Å². The monoisotopic (exact) mass is 190 g/mol. The van der Waals surface area contributed by atoms with E-state index < -0.39 is 6.43 Å². The molecule has 1 aromatic rings. The van der Waals surface area contributed by atoms with Gasteiger partial charge >= 0.3 is 0 Å². The minimum Gasteiger partial charge on any atom is -0.444 e. The quantitative estimate of drug-likeness (QED) is 0.766. The summed E-state index contributed by atoms with van der Waals surface area (Å²) in [7, 11) is 0. The molecule has 0 fully saturated rings. The Morgan fingerprint density at radius 1 is 1.62 bits per heavy atom. The summed E-state index contributed by atoms with van der Waals surface area (Å²) in [4.78, 5) is 3.91. The molecule has 3 nitrogen and oxygen atoms in total. The molecule has 1 aromatic heterocycles. The fourth-order valence-corrected chi connectivity index (χ4v) is 0.881. The lowest BCUT2D eigenvalue weighted by molar-refractivity contribution is 0.144. The van der Waals surface area contributed by atoms with E-state index in [1.807, 2.05) is 6.92 Å². The molecule has 0 saturated heterocycles.